The number of hydrogen-bond donors (Lipinski definition) is 0. The first-order chi connectivity index (χ1) is 22.7. The number of furan rings is 1. The largest absolute Gasteiger partial charge is 0.456 e. The van der Waals surface area contributed by atoms with Crippen molar-refractivity contribution in [2.75, 3.05) is 7.05 Å². The lowest BCUT2D eigenvalue weighted by Gasteiger charge is -2.32. The molecule has 9 rings (SSSR count). The summed E-state index contributed by atoms with van der Waals surface area (Å²) < 4.78 is 6.49. The molecule has 0 aliphatic carbocycles. The van der Waals surface area contributed by atoms with Crippen LogP contribution in [0.1, 0.15) is 22.9 Å². The van der Waals surface area contributed by atoms with Crippen LogP contribution in [0.15, 0.2) is 166 Å². The van der Waals surface area contributed by atoms with Gasteiger partial charge < -0.3 is 9.32 Å². The summed E-state index contributed by atoms with van der Waals surface area (Å²) in [5.74, 6) is 1.60. The summed E-state index contributed by atoms with van der Waals surface area (Å²) in [5.41, 5.74) is 7.19. The normalized spacial score (nSPS) is 15.1. The first kappa shape index (κ1) is 26.4. The Labute approximate surface area is 266 Å². The molecule has 1 atom stereocenters. The smallest absolute Gasteiger partial charge is 0.159 e. The van der Waals surface area contributed by atoms with Gasteiger partial charge in [0.1, 0.15) is 17.0 Å². The van der Waals surface area contributed by atoms with E-state index in [1.54, 1.807) is 0 Å². The summed E-state index contributed by atoms with van der Waals surface area (Å²) in [6.07, 6.45) is -0.308. The van der Waals surface area contributed by atoms with Gasteiger partial charge in [-0.25, -0.2) is 9.98 Å². The third kappa shape index (κ3) is 4.22. The van der Waals surface area contributed by atoms with E-state index in [4.69, 9.17) is 14.4 Å². The zero-order chi connectivity index (χ0) is 30.6. The second kappa shape index (κ2) is 10.6. The van der Waals surface area contributed by atoms with Crippen molar-refractivity contribution in [2.45, 2.75) is 6.17 Å². The number of aliphatic imine (C=N–C) groups is 2. The summed E-state index contributed by atoms with van der Waals surface area (Å²) in [6.45, 7) is 0. The maximum Gasteiger partial charge on any atom is 0.159 e. The first-order valence-electron chi connectivity index (χ1n) is 15.6. The van der Waals surface area contributed by atoms with Crippen LogP contribution in [0.5, 0.6) is 0 Å². The Morgan fingerprint density at radius 1 is 0.543 bits per heavy atom. The van der Waals surface area contributed by atoms with Crippen LogP contribution in [0.25, 0.3) is 54.6 Å². The molecule has 218 valence electrons. The van der Waals surface area contributed by atoms with Crippen LogP contribution in [0.2, 0.25) is 0 Å². The standard InChI is InChI=1S/C42H29N3O/c1-45-41(28-15-6-3-7-16-28)43-40(27-13-4-2-5-14-27)44-42(45)34-21-12-22-38-39(34)36-26-30(23-24-37(36)46-38)35-25-29-17-8-9-18-31(29)32-19-10-11-20-33(32)35/h2-26,42H,1H3. The van der Waals surface area contributed by atoms with E-state index in [0.717, 1.165) is 55.9 Å². The van der Waals surface area contributed by atoms with E-state index in [1.165, 1.54) is 27.1 Å². The first-order valence-corrected chi connectivity index (χ1v) is 15.6. The minimum Gasteiger partial charge on any atom is -0.456 e. The van der Waals surface area contributed by atoms with E-state index in [1.807, 2.05) is 24.3 Å². The molecule has 0 spiro atoms. The van der Waals surface area contributed by atoms with Crippen LogP contribution >= 0.6 is 0 Å². The topological polar surface area (TPSA) is 41.1 Å². The molecule has 0 saturated carbocycles. The van der Waals surface area contributed by atoms with Crippen LogP contribution in [0.4, 0.5) is 0 Å². The van der Waals surface area contributed by atoms with Crippen molar-refractivity contribution in [3.63, 3.8) is 0 Å². The van der Waals surface area contributed by atoms with E-state index >= 15 is 0 Å². The van der Waals surface area contributed by atoms with Crippen LogP contribution in [0.3, 0.4) is 0 Å². The molecule has 1 aliphatic heterocycles. The Morgan fingerprint density at radius 3 is 2.04 bits per heavy atom. The van der Waals surface area contributed by atoms with E-state index < -0.39 is 0 Å². The molecule has 46 heavy (non-hydrogen) atoms. The Balaban J connectivity index is 1.26. The molecule has 0 amide bonds. The van der Waals surface area contributed by atoms with Gasteiger partial charge in [0, 0.05) is 34.5 Å². The monoisotopic (exact) mass is 591 g/mol. The van der Waals surface area contributed by atoms with Crippen LogP contribution in [-0.4, -0.2) is 23.6 Å². The second-order valence-corrected chi connectivity index (χ2v) is 11.8. The Kier molecular flexibility index (Phi) is 6.07. The SMILES string of the molecule is CN1C(c2ccccc2)=NC(c2ccccc2)=NC1c1cccc2oc3ccc(-c4cc5ccccc5c5ccccc45)cc3c12. The van der Waals surface area contributed by atoms with Crippen molar-refractivity contribution in [1.82, 2.24) is 4.90 Å². The molecule has 0 saturated heterocycles. The van der Waals surface area contributed by atoms with Gasteiger partial charge in [-0.15, -0.1) is 0 Å². The molecule has 1 unspecified atom stereocenters. The molecule has 0 radical (unpaired) electrons. The summed E-state index contributed by atoms with van der Waals surface area (Å²) >= 11 is 0. The maximum atomic E-state index is 6.49. The zero-order valence-electron chi connectivity index (χ0n) is 25.3. The molecule has 0 bridgehead atoms. The second-order valence-electron chi connectivity index (χ2n) is 11.8. The summed E-state index contributed by atoms with van der Waals surface area (Å²) in [4.78, 5) is 12.5. The van der Waals surface area contributed by atoms with E-state index in [0.29, 0.717) is 0 Å². The van der Waals surface area contributed by atoms with Gasteiger partial charge in [-0.2, -0.15) is 0 Å². The fourth-order valence-corrected chi connectivity index (χ4v) is 6.92. The quantitative estimate of drug-likeness (QED) is 0.191. The lowest BCUT2D eigenvalue weighted by Crippen LogP contribution is -2.35. The van der Waals surface area contributed by atoms with E-state index in [-0.39, 0.29) is 6.17 Å². The van der Waals surface area contributed by atoms with Crippen molar-refractivity contribution < 1.29 is 4.42 Å². The number of amidine groups is 2. The lowest BCUT2D eigenvalue weighted by atomic mass is 9.92. The van der Waals surface area contributed by atoms with Gasteiger partial charge in [0.05, 0.1) is 0 Å². The van der Waals surface area contributed by atoms with Gasteiger partial charge in [0.2, 0.25) is 0 Å². The van der Waals surface area contributed by atoms with Gasteiger partial charge in [0.15, 0.2) is 12.0 Å². The molecular weight excluding hydrogens is 562 g/mol. The minimum atomic E-state index is -0.308. The highest BCUT2D eigenvalue weighted by atomic mass is 16.3. The molecule has 1 aliphatic rings. The number of nitrogens with zero attached hydrogens (tertiary/aromatic N) is 3. The minimum absolute atomic E-state index is 0.308. The van der Waals surface area contributed by atoms with E-state index in [9.17, 15) is 0 Å². The Hall–Kier alpha value is -6.00. The highest BCUT2D eigenvalue weighted by Crippen LogP contribution is 2.41. The van der Waals surface area contributed by atoms with Gasteiger partial charge in [-0.1, -0.05) is 127 Å². The third-order valence-electron chi connectivity index (χ3n) is 9.11. The fourth-order valence-electron chi connectivity index (χ4n) is 6.92. The molecule has 4 heteroatoms. The van der Waals surface area contributed by atoms with Crippen molar-refractivity contribution in [2.24, 2.45) is 9.98 Å². The average Bonchev–Trinajstić information content (AvgIpc) is 3.50. The van der Waals surface area contributed by atoms with Crippen molar-refractivity contribution in [3.05, 3.63) is 168 Å². The molecule has 2 heterocycles. The molecule has 7 aromatic carbocycles. The molecule has 1 aromatic heterocycles. The molecule has 0 N–H and O–H groups in total. The predicted octanol–water partition coefficient (Wildman–Crippen LogP) is 10.4. The highest BCUT2D eigenvalue weighted by Gasteiger charge is 2.29. The van der Waals surface area contributed by atoms with Gasteiger partial charge in [-0.3, -0.25) is 0 Å². The summed E-state index contributed by atoms with van der Waals surface area (Å²) in [6, 6.07) is 53.1. The highest BCUT2D eigenvalue weighted by molar-refractivity contribution is 6.16. The molecule has 0 fully saturated rings. The van der Waals surface area contributed by atoms with Crippen LogP contribution in [-0.2, 0) is 0 Å². The number of benzene rings is 7. The third-order valence-corrected chi connectivity index (χ3v) is 9.11. The molecular formula is C42H29N3O. The predicted molar refractivity (Wildman–Crippen MR) is 191 cm³/mol. The Bertz CT molecular complexity index is 2490. The van der Waals surface area contributed by atoms with Crippen molar-refractivity contribution in [1.29, 1.82) is 0 Å². The van der Waals surface area contributed by atoms with Crippen molar-refractivity contribution in [3.8, 4) is 11.1 Å². The van der Waals surface area contributed by atoms with Crippen molar-refractivity contribution >= 4 is 55.2 Å². The number of rotatable bonds is 4. The van der Waals surface area contributed by atoms with Crippen LogP contribution < -0.4 is 0 Å². The fraction of sp³-hybridized carbons (Fsp3) is 0.0476. The average molecular weight is 592 g/mol. The van der Waals surface area contributed by atoms with Crippen LogP contribution in [0, 0.1) is 0 Å². The van der Waals surface area contributed by atoms with Gasteiger partial charge >= 0.3 is 0 Å². The summed E-state index contributed by atoms with van der Waals surface area (Å²) in [5, 5.41) is 7.14. The Morgan fingerprint density at radius 2 is 1.24 bits per heavy atom. The van der Waals surface area contributed by atoms with Gasteiger partial charge in [-0.05, 0) is 56.9 Å². The molecule has 4 nitrogen and oxygen atoms in total. The summed E-state index contributed by atoms with van der Waals surface area (Å²) in [7, 11) is 2.08. The lowest BCUT2D eigenvalue weighted by molar-refractivity contribution is 0.385. The van der Waals surface area contributed by atoms with E-state index in [2.05, 4.69) is 139 Å². The number of hydrogen-bond acceptors (Lipinski definition) is 4. The molecule has 8 aromatic rings. The van der Waals surface area contributed by atoms with Gasteiger partial charge in [0.25, 0.3) is 0 Å². The zero-order valence-corrected chi connectivity index (χ0v) is 25.3. The maximum absolute atomic E-state index is 6.49. The number of fused-ring (bicyclic) bond motifs is 6.